The summed E-state index contributed by atoms with van der Waals surface area (Å²) in [5.74, 6) is 0.520. The van der Waals surface area contributed by atoms with E-state index in [0.717, 1.165) is 6.20 Å². The van der Waals surface area contributed by atoms with Gasteiger partial charge in [0, 0.05) is 11.6 Å². The fraction of sp³-hybridized carbons (Fsp3) is 0.176. The third kappa shape index (κ3) is 2.35. The number of aromatic hydroxyl groups is 1. The van der Waals surface area contributed by atoms with E-state index in [9.17, 15) is 10.3 Å². The van der Waals surface area contributed by atoms with Gasteiger partial charge in [0.15, 0.2) is 5.75 Å². The van der Waals surface area contributed by atoms with Crippen LogP contribution in [0.25, 0.3) is 5.57 Å². The van der Waals surface area contributed by atoms with Crippen molar-refractivity contribution in [1.29, 1.82) is 5.26 Å². The normalized spacial score (nSPS) is 15.2. The number of aromatic nitrogens is 1. The number of nitriles is 1. The second-order valence-electron chi connectivity index (χ2n) is 5.68. The molecule has 0 aliphatic carbocycles. The molecule has 2 heterocycles. The molecule has 2 aromatic rings. The fourth-order valence-corrected chi connectivity index (χ4v) is 2.53. The van der Waals surface area contributed by atoms with Gasteiger partial charge >= 0.3 is 0 Å². The van der Waals surface area contributed by atoms with Crippen molar-refractivity contribution in [3.8, 4) is 17.6 Å². The van der Waals surface area contributed by atoms with Gasteiger partial charge in [0.25, 0.3) is 0 Å². The SMILES string of the molecule is CC1(C)C=C(c2ccc(O)c[n+]2[O-])c2cc(C#N)ccc2O1. The van der Waals surface area contributed by atoms with E-state index in [1.807, 2.05) is 19.9 Å². The van der Waals surface area contributed by atoms with Crippen LogP contribution in [-0.4, -0.2) is 10.7 Å². The summed E-state index contributed by atoms with van der Waals surface area (Å²) < 4.78 is 6.50. The lowest BCUT2D eigenvalue weighted by atomic mass is 9.91. The van der Waals surface area contributed by atoms with E-state index in [4.69, 9.17) is 10.00 Å². The molecule has 0 spiro atoms. The van der Waals surface area contributed by atoms with Crippen molar-refractivity contribution in [3.05, 3.63) is 64.6 Å². The minimum atomic E-state index is -0.582. The maximum Gasteiger partial charge on any atom is 0.224 e. The van der Waals surface area contributed by atoms with Crippen LogP contribution in [-0.2, 0) is 0 Å². The average molecular weight is 294 g/mol. The van der Waals surface area contributed by atoms with Gasteiger partial charge in [-0.05, 0) is 44.2 Å². The summed E-state index contributed by atoms with van der Waals surface area (Å²) in [5, 5.41) is 30.6. The average Bonchev–Trinajstić information content (AvgIpc) is 2.45. The first-order chi connectivity index (χ1) is 10.4. The lowest BCUT2D eigenvalue weighted by Crippen LogP contribution is -2.34. The lowest BCUT2D eigenvalue weighted by molar-refractivity contribution is -0.608. The van der Waals surface area contributed by atoms with Crippen molar-refractivity contribution in [2.24, 2.45) is 0 Å². The third-order valence-corrected chi connectivity index (χ3v) is 3.44. The topological polar surface area (TPSA) is 80.2 Å². The standard InChI is InChI=1S/C17H14N2O3/c1-17(2)8-14(15-5-4-12(20)10-19(15)21)13-7-11(9-18)3-6-16(13)22-17/h3-8,10,20H,1-2H3. The molecule has 1 aromatic carbocycles. The van der Waals surface area contributed by atoms with Crippen LogP contribution in [0.2, 0.25) is 0 Å². The largest absolute Gasteiger partial charge is 0.618 e. The molecular formula is C17H14N2O3. The van der Waals surface area contributed by atoms with Crippen molar-refractivity contribution in [3.63, 3.8) is 0 Å². The molecule has 0 unspecified atom stereocenters. The summed E-state index contributed by atoms with van der Waals surface area (Å²) in [6.07, 6.45) is 2.95. The first-order valence-electron chi connectivity index (χ1n) is 6.78. The summed E-state index contributed by atoms with van der Waals surface area (Å²) in [7, 11) is 0. The Labute approximate surface area is 127 Å². The highest BCUT2D eigenvalue weighted by atomic mass is 16.5. The molecule has 0 fully saturated rings. The Morgan fingerprint density at radius 2 is 2.05 bits per heavy atom. The van der Waals surface area contributed by atoms with Gasteiger partial charge < -0.3 is 15.1 Å². The van der Waals surface area contributed by atoms with E-state index in [1.165, 1.54) is 6.07 Å². The van der Waals surface area contributed by atoms with Gasteiger partial charge in [-0.25, -0.2) is 0 Å². The molecule has 1 aliphatic rings. The first-order valence-corrected chi connectivity index (χ1v) is 6.78. The zero-order valence-electron chi connectivity index (χ0n) is 12.2. The molecule has 110 valence electrons. The number of pyridine rings is 1. The van der Waals surface area contributed by atoms with Gasteiger partial charge in [0.05, 0.1) is 17.2 Å². The molecule has 1 aliphatic heterocycles. The maximum atomic E-state index is 12.1. The molecule has 0 saturated heterocycles. The maximum absolute atomic E-state index is 12.1. The summed E-state index contributed by atoms with van der Waals surface area (Å²) in [6, 6.07) is 10.2. The molecule has 5 heteroatoms. The second-order valence-corrected chi connectivity index (χ2v) is 5.68. The van der Waals surface area contributed by atoms with Crippen LogP contribution in [0.4, 0.5) is 0 Å². The third-order valence-electron chi connectivity index (χ3n) is 3.44. The molecule has 1 aromatic heterocycles. The van der Waals surface area contributed by atoms with Gasteiger partial charge in [0.2, 0.25) is 11.9 Å². The molecule has 0 atom stereocenters. The Morgan fingerprint density at radius 1 is 1.27 bits per heavy atom. The van der Waals surface area contributed by atoms with E-state index in [-0.39, 0.29) is 5.75 Å². The van der Waals surface area contributed by atoms with Crippen LogP contribution in [0, 0.1) is 16.5 Å². The van der Waals surface area contributed by atoms with Crippen LogP contribution in [0.1, 0.15) is 30.7 Å². The van der Waals surface area contributed by atoms with E-state index in [1.54, 1.807) is 24.3 Å². The van der Waals surface area contributed by atoms with Crippen molar-refractivity contribution in [1.82, 2.24) is 0 Å². The number of nitrogens with zero attached hydrogens (tertiary/aromatic N) is 2. The Balaban J connectivity index is 2.25. The van der Waals surface area contributed by atoms with Crippen molar-refractivity contribution in [2.45, 2.75) is 19.4 Å². The van der Waals surface area contributed by atoms with Gasteiger partial charge in [-0.3, -0.25) is 0 Å². The van der Waals surface area contributed by atoms with Crippen LogP contribution in [0.15, 0.2) is 42.6 Å². The first kappa shape index (κ1) is 14.0. The Kier molecular flexibility index (Phi) is 3.03. The molecule has 3 rings (SSSR count). The van der Waals surface area contributed by atoms with Crippen molar-refractivity contribution >= 4 is 5.57 Å². The number of ether oxygens (including phenoxy) is 1. The quantitative estimate of drug-likeness (QED) is 0.647. The minimum Gasteiger partial charge on any atom is -0.618 e. The summed E-state index contributed by atoms with van der Waals surface area (Å²) >= 11 is 0. The van der Waals surface area contributed by atoms with E-state index in [0.29, 0.717) is 32.9 Å². The number of hydrogen-bond donors (Lipinski definition) is 1. The number of benzene rings is 1. The zero-order chi connectivity index (χ0) is 15.9. The Morgan fingerprint density at radius 3 is 2.73 bits per heavy atom. The minimum absolute atomic E-state index is 0.100. The lowest BCUT2D eigenvalue weighted by Gasteiger charge is -2.30. The highest BCUT2D eigenvalue weighted by Crippen LogP contribution is 2.39. The van der Waals surface area contributed by atoms with Crippen LogP contribution >= 0.6 is 0 Å². The van der Waals surface area contributed by atoms with E-state index in [2.05, 4.69) is 6.07 Å². The van der Waals surface area contributed by atoms with Gasteiger partial charge in [-0.15, -0.1) is 0 Å². The van der Waals surface area contributed by atoms with Gasteiger partial charge in [-0.1, -0.05) is 0 Å². The molecule has 0 saturated carbocycles. The van der Waals surface area contributed by atoms with Gasteiger partial charge in [0.1, 0.15) is 11.4 Å². The molecule has 0 amide bonds. The molecule has 0 bridgehead atoms. The summed E-state index contributed by atoms with van der Waals surface area (Å²) in [6.45, 7) is 3.79. The van der Waals surface area contributed by atoms with Crippen LogP contribution in [0.3, 0.4) is 0 Å². The summed E-state index contributed by atoms with van der Waals surface area (Å²) in [4.78, 5) is 0. The molecule has 22 heavy (non-hydrogen) atoms. The number of hydrogen-bond acceptors (Lipinski definition) is 4. The molecule has 5 nitrogen and oxygen atoms in total. The van der Waals surface area contributed by atoms with Crippen molar-refractivity contribution < 1.29 is 14.6 Å². The van der Waals surface area contributed by atoms with E-state index >= 15 is 0 Å². The molecular weight excluding hydrogens is 280 g/mol. The Hall–Kier alpha value is -3.00. The smallest absolute Gasteiger partial charge is 0.224 e. The predicted octanol–water partition coefficient (Wildman–Crippen LogP) is 2.50. The van der Waals surface area contributed by atoms with Crippen LogP contribution in [0.5, 0.6) is 11.5 Å². The van der Waals surface area contributed by atoms with Crippen molar-refractivity contribution in [2.75, 3.05) is 0 Å². The molecule has 1 N–H and O–H groups in total. The van der Waals surface area contributed by atoms with E-state index < -0.39 is 5.60 Å². The number of fused-ring (bicyclic) bond motifs is 1. The second kappa shape index (κ2) is 4.78. The fourth-order valence-electron chi connectivity index (χ4n) is 2.53. The Bertz CT molecular complexity index is 832. The van der Waals surface area contributed by atoms with Gasteiger partial charge in [-0.2, -0.15) is 9.99 Å². The highest BCUT2D eigenvalue weighted by Gasteiger charge is 2.30. The highest BCUT2D eigenvalue weighted by molar-refractivity contribution is 5.83. The summed E-state index contributed by atoms with van der Waals surface area (Å²) in [5.41, 5.74) is 1.67. The van der Waals surface area contributed by atoms with Crippen LogP contribution < -0.4 is 9.47 Å². The monoisotopic (exact) mass is 294 g/mol. The zero-order valence-corrected chi connectivity index (χ0v) is 12.2. The predicted molar refractivity (Wildman–Crippen MR) is 80.0 cm³/mol. The molecule has 0 radical (unpaired) electrons. The number of rotatable bonds is 1.